The second kappa shape index (κ2) is 56.4. The minimum absolute atomic E-state index is 0.00260. The van der Waals surface area contributed by atoms with Gasteiger partial charge in [-0.15, -0.1) is 10.2 Å². The zero-order valence-electron chi connectivity index (χ0n) is 83.6. The smallest absolute Gasteiger partial charge is 0.333 e. The summed E-state index contributed by atoms with van der Waals surface area (Å²) >= 11 is 0. The summed E-state index contributed by atoms with van der Waals surface area (Å²) in [5.74, 6) is -2.37. The van der Waals surface area contributed by atoms with Gasteiger partial charge in [0.1, 0.15) is 49.3 Å². The van der Waals surface area contributed by atoms with E-state index in [1.807, 2.05) is 122 Å². The van der Waals surface area contributed by atoms with Crippen molar-refractivity contribution in [3.63, 3.8) is 0 Å². The van der Waals surface area contributed by atoms with E-state index in [2.05, 4.69) is 108 Å². The summed E-state index contributed by atoms with van der Waals surface area (Å²) < 4.78 is 119. The van der Waals surface area contributed by atoms with Gasteiger partial charge in [0.2, 0.25) is 23.7 Å². The highest BCUT2D eigenvalue weighted by Crippen LogP contribution is 2.53. The van der Waals surface area contributed by atoms with Gasteiger partial charge >= 0.3 is 26.0 Å². The molecule has 18 atom stereocenters. The van der Waals surface area contributed by atoms with E-state index in [0.717, 1.165) is 4.68 Å². The second-order valence-electron chi connectivity index (χ2n) is 35.8. The lowest BCUT2D eigenvalue weighted by atomic mass is 10.0. The number of nitrogens with one attached hydrogen (secondary N) is 6. The Morgan fingerprint density at radius 1 is 0.554 bits per heavy atom. The first-order valence-electron chi connectivity index (χ1n) is 46.8. The predicted octanol–water partition coefficient (Wildman–Crippen LogP) is 12.0. The van der Waals surface area contributed by atoms with Crippen LogP contribution in [0.1, 0.15) is 168 Å². The third-order valence-corrected chi connectivity index (χ3v) is 31.0. The Hall–Kier alpha value is -12.2. The van der Waals surface area contributed by atoms with Crippen LogP contribution in [0, 0.1) is 40.4 Å². The number of carbonyl (C=O) groups excluding carboxylic acids is 4. The van der Waals surface area contributed by atoms with Gasteiger partial charge in [-0.1, -0.05) is 128 Å². The van der Waals surface area contributed by atoms with Crippen molar-refractivity contribution < 1.29 is 108 Å². The normalized spacial score (nSPS) is 21.9. The Morgan fingerprint density at radius 2 is 0.959 bits per heavy atom. The lowest BCUT2D eigenvalue weighted by Gasteiger charge is -2.40. The number of H-pyrrole nitrogens is 2. The lowest BCUT2D eigenvalue weighted by Crippen LogP contribution is -2.49. The van der Waals surface area contributed by atoms with Gasteiger partial charge in [-0.2, -0.15) is 29.9 Å². The fourth-order valence-electron chi connectivity index (χ4n) is 14.7. The topological polar surface area (TPSA) is 661 Å². The zero-order valence-corrected chi connectivity index (χ0v) is 88.2. The molecule has 0 saturated carbocycles. The summed E-state index contributed by atoms with van der Waals surface area (Å²) in [7, 11) is -8.40. The number of aromatic amines is 2. The van der Waals surface area contributed by atoms with E-state index in [4.69, 9.17) is 70.2 Å². The first kappa shape index (κ1) is 118. The van der Waals surface area contributed by atoms with Gasteiger partial charge in [0, 0.05) is 65.8 Å². The van der Waals surface area contributed by atoms with Crippen LogP contribution in [-0.4, -0.2) is 266 Å². The Kier molecular flexibility index (Phi) is 44.8. The number of benzene rings is 2. The van der Waals surface area contributed by atoms with Crippen molar-refractivity contribution >= 4 is 135 Å². The Morgan fingerprint density at radius 3 is 1.34 bits per heavy atom. The van der Waals surface area contributed by atoms with E-state index in [-0.39, 0.29) is 154 Å². The van der Waals surface area contributed by atoms with E-state index in [9.17, 15) is 49.3 Å². The molecule has 4 aliphatic rings. The first-order valence-corrected chi connectivity index (χ1v) is 53.4. The minimum atomic E-state index is -2.63. The molecular weight excluding hydrogens is 2030 g/mol. The molecule has 10 aromatic heterocycles. The molecule has 11 N–H and O–H groups in total. The second-order valence-corrected chi connectivity index (χ2v) is 43.4. The SMILES string of the molecule is CC(C)C(=O)Nc1nc2c(ncn2[C@@H]2O[C@H](CO)[C@@H](C)[C@@H]2O)c(=O)[nH]1.CC[C@H]1O[C@@H](n2nnc3c(NC(=O)c4ccccc4)ncnc32)[C@@H](F)[C@@H]1OP(OCCC#N)N(C(C)C)C(C)C.CC[C@H]1O[C@@H](n2nnc3c(NC(=O)c4ccccc4)ncnc32)[C@@H](F)[C@@H]1OP(OCCC#N)OC[C@H]1O[C@@H](n2cnc3c(=O)[nH]c(NC(=O)C(C)C)nc32)[C@@H](O)[C@@H]1O[Si](C)(C)C(C)(C)C.O=PO.O=PO.c1ccncc1.c1ccncc1. The number of nitriles is 2. The molecule has 0 radical (unpaired) electrons. The van der Waals surface area contributed by atoms with Crippen molar-refractivity contribution in [3.05, 3.63) is 179 Å². The number of imidazole rings is 2. The third kappa shape index (κ3) is 30.3. The van der Waals surface area contributed by atoms with Crippen LogP contribution in [0.4, 0.5) is 32.3 Å². The predicted molar refractivity (Wildman–Crippen MR) is 537 cm³/mol. The van der Waals surface area contributed by atoms with Crippen LogP contribution in [0.5, 0.6) is 0 Å². The number of ether oxygens (including phenoxy) is 4. The van der Waals surface area contributed by atoms with Crippen LogP contribution in [0.15, 0.2) is 157 Å². The van der Waals surface area contributed by atoms with Gasteiger partial charge in [-0.05, 0) is 107 Å². The maximum atomic E-state index is 16.8. The molecule has 2 unspecified atom stereocenters. The van der Waals surface area contributed by atoms with Crippen molar-refractivity contribution in [1.82, 2.24) is 104 Å². The van der Waals surface area contributed by atoms with Crippen LogP contribution in [0.3, 0.4) is 0 Å². The largest absolute Gasteiger partial charge is 0.408 e. The molecule has 57 heteroatoms. The first-order chi connectivity index (χ1) is 70.8. The highest BCUT2D eigenvalue weighted by atomic mass is 31.2. The Balaban J connectivity index is 0.000000226. The quantitative estimate of drug-likeness (QED) is 0.0103. The van der Waals surface area contributed by atoms with Gasteiger partial charge in [0.15, 0.2) is 102 Å². The number of hydrogen-bond donors (Lipinski definition) is 11. The van der Waals surface area contributed by atoms with Crippen molar-refractivity contribution in [2.45, 2.75) is 245 Å². The van der Waals surface area contributed by atoms with E-state index in [1.165, 1.54) is 39.1 Å². The molecule has 794 valence electrons. The number of fused-ring (bicyclic) bond motifs is 4. The number of halogens is 2. The lowest BCUT2D eigenvalue weighted by molar-refractivity contribution is -0.119. The molecule has 4 saturated heterocycles. The molecule has 4 amide bonds. The molecule has 16 rings (SSSR count). The molecule has 0 aliphatic carbocycles. The average molecular weight is 2150 g/mol. The molecule has 14 heterocycles. The molecule has 12 aromatic rings. The summed E-state index contributed by atoms with van der Waals surface area (Å²) in [6.45, 7) is 30.0. The summed E-state index contributed by atoms with van der Waals surface area (Å²) in [5.41, 5.74) is 0.525. The highest BCUT2D eigenvalue weighted by Gasteiger charge is 2.55. The summed E-state index contributed by atoms with van der Waals surface area (Å²) in [6.07, 6.45) is -3.49. The number of aliphatic hydroxyl groups is 3. The monoisotopic (exact) mass is 2150 g/mol. The molecule has 4 fully saturated rings. The van der Waals surface area contributed by atoms with Crippen molar-refractivity contribution in [3.8, 4) is 12.1 Å². The summed E-state index contributed by atoms with van der Waals surface area (Å²) in [6, 6.07) is 32.8. The fraction of sp³-hybridized carbons (Fsp3) is 0.495. The summed E-state index contributed by atoms with van der Waals surface area (Å²) in [4.78, 5) is 135. The van der Waals surface area contributed by atoms with E-state index in [0.29, 0.717) is 24.0 Å². The molecule has 0 spiro atoms. The number of aliphatic hydroxyl groups excluding tert-OH is 3. The van der Waals surface area contributed by atoms with Gasteiger partial charge < -0.3 is 81.7 Å². The Labute approximate surface area is 854 Å². The standard InChI is InChI=1S/C40H52FN12O10PSi.C26H34FN8O4P.C15H21N5O5.2C5H5N.2HO2P/c1-9-23-29(25(41)37(60-23)53-32-26(50-51-53)31(43-19-44-32)46-35(56)22-14-11-10-12-15-22)62-64(58-17-13-16-42)59-18-24-30(63-65(7,8)40(4,5)6)28(54)38(61-24)52-20-45-27-33(52)47-39(49-36(27)57)48-34(55)21(2)3;1-6-19-22(39-40(37-14-10-13-28)35(16(2)3)17(4)5)20(27)26(38-19)34-24-21(32-33-34)23(29-15-30-24)31-25(36)18-11-8-7-9-12-18;1-6(2)12(23)18-15-17-11-9(13(24)19-15)16-5-20(11)14-10(22)7(3)8(4-21)25-14;2*1-2-4-6-5-3-1;2*1-3-2/h10-12,14-15,19-21,23-25,28-30,37-38,54H,9,13,17-18H2,1-8H3,(H,43,44,46,56)(H2,47,48,49,55,57);7-9,11-12,15-17,19-20,22,26H,6,10,14H2,1-5H3,(H,29,30,31,36);5-8,10,14,21-22H,4H2,1-3H3,(H2,17,18,19,23,24);2*1-5H;2*(H,1,2)/t23-,24-,25+,28+,29-,30-,37-,38-,64?;19-,20+,22-,26-,40?;7-,8-,10+,14-;;;;/m111..../s1. The fourth-order valence-corrected chi connectivity index (χ4v) is 19.0. The number of alkyl halides is 2. The summed E-state index contributed by atoms with van der Waals surface area (Å²) in [5, 5.41) is 76.8. The number of carbonyl (C=O) groups is 4. The number of nitrogens with zero attached hydrogens (tertiary/aromatic N) is 21. The maximum Gasteiger partial charge on any atom is 0.333 e. The van der Waals surface area contributed by atoms with E-state index < -0.39 is 158 Å². The average Bonchev–Trinajstić information content (AvgIpc) is 1.57. The number of pyridine rings is 2. The van der Waals surface area contributed by atoms with Crippen molar-refractivity contribution in [1.29, 1.82) is 10.5 Å². The van der Waals surface area contributed by atoms with Crippen LogP contribution < -0.4 is 32.4 Å². The van der Waals surface area contributed by atoms with Gasteiger partial charge in [-0.25, -0.2) is 52.5 Å². The Bertz CT molecular complexity index is 6410. The van der Waals surface area contributed by atoms with Crippen molar-refractivity contribution in [2.75, 3.05) is 47.7 Å². The van der Waals surface area contributed by atoms with Crippen LogP contribution in [0.2, 0.25) is 18.1 Å². The zero-order chi connectivity index (χ0) is 108. The highest BCUT2D eigenvalue weighted by molar-refractivity contribution is 7.44. The maximum absolute atomic E-state index is 16.8. The molecule has 0 bridgehead atoms. The van der Waals surface area contributed by atoms with E-state index >= 15 is 8.78 Å². The molecule has 4 aliphatic heterocycles. The number of aromatic nitrogens is 20. The van der Waals surface area contributed by atoms with Gasteiger partial charge in [-0.3, -0.25) is 68.5 Å². The number of hydrogen-bond acceptors (Lipinski definition) is 38. The molecule has 50 nitrogen and oxygen atoms in total. The minimum Gasteiger partial charge on any atom is -0.408 e. The number of rotatable bonds is 33. The number of amides is 4. The van der Waals surface area contributed by atoms with Crippen molar-refractivity contribution in [2.24, 2.45) is 17.8 Å². The molecule has 2 aromatic carbocycles. The number of anilines is 4. The van der Waals surface area contributed by atoms with E-state index in [1.54, 1.807) is 121 Å². The van der Waals surface area contributed by atoms with Gasteiger partial charge in [0.05, 0.1) is 82.4 Å². The van der Waals surface area contributed by atoms with Crippen LogP contribution in [-0.2, 0) is 64.7 Å². The van der Waals surface area contributed by atoms with Gasteiger partial charge in [0.25, 0.3) is 31.5 Å². The molecular formula is C91H119F2N27O23P4Si. The third-order valence-electron chi connectivity index (χ3n) is 23.3. The molecule has 148 heavy (non-hydrogen) atoms. The van der Waals surface area contributed by atoms with Crippen LogP contribution in [0.25, 0.3) is 44.7 Å². The van der Waals surface area contributed by atoms with Crippen LogP contribution >= 0.6 is 34.5 Å².